The lowest BCUT2D eigenvalue weighted by molar-refractivity contribution is 0.174. The monoisotopic (exact) mass is 334 g/mol. The van der Waals surface area contributed by atoms with Gasteiger partial charge in [-0.2, -0.15) is 0 Å². The summed E-state index contributed by atoms with van der Waals surface area (Å²) in [6, 6.07) is 5.92. The SMILES string of the molecule is C=CC[C@H](c1ccc(OC)c(O)c1)N1CCNCC1.Cl.Cl. The van der Waals surface area contributed by atoms with Crippen LogP contribution in [-0.2, 0) is 0 Å². The molecule has 6 heteroatoms. The molecule has 0 radical (unpaired) electrons. The van der Waals surface area contributed by atoms with E-state index >= 15 is 0 Å². The maximum absolute atomic E-state index is 9.93. The number of nitrogens with one attached hydrogen (secondary N) is 1. The maximum Gasteiger partial charge on any atom is 0.160 e. The van der Waals surface area contributed by atoms with Crippen molar-refractivity contribution in [2.75, 3.05) is 33.3 Å². The standard InChI is InChI=1S/C15H22N2O2.2ClH/c1-3-4-13(17-9-7-16-8-10-17)12-5-6-15(19-2)14(18)11-12;;/h3,5-6,11,13,16,18H,1,4,7-10H2,2H3;2*1H/t13-;;/m1../s1. The first-order chi connectivity index (χ1) is 9.26. The van der Waals surface area contributed by atoms with Gasteiger partial charge in [0.05, 0.1) is 7.11 Å². The number of nitrogens with zero attached hydrogens (tertiary/aromatic N) is 1. The van der Waals surface area contributed by atoms with Crippen LogP contribution in [0, 0.1) is 0 Å². The molecule has 1 atom stereocenters. The van der Waals surface area contributed by atoms with E-state index in [1.54, 1.807) is 13.2 Å². The fourth-order valence-corrected chi connectivity index (χ4v) is 2.56. The average Bonchev–Trinajstić information content (AvgIpc) is 2.45. The molecule has 1 fully saturated rings. The first-order valence-electron chi connectivity index (χ1n) is 6.69. The van der Waals surface area contributed by atoms with Gasteiger partial charge in [0.25, 0.3) is 0 Å². The van der Waals surface area contributed by atoms with E-state index in [-0.39, 0.29) is 36.6 Å². The van der Waals surface area contributed by atoms with Gasteiger partial charge in [-0.1, -0.05) is 12.1 Å². The Morgan fingerprint density at radius 3 is 2.57 bits per heavy atom. The lowest BCUT2D eigenvalue weighted by Crippen LogP contribution is -2.45. The van der Waals surface area contributed by atoms with E-state index in [0.29, 0.717) is 5.75 Å². The summed E-state index contributed by atoms with van der Waals surface area (Å²) in [7, 11) is 1.56. The molecule has 0 spiro atoms. The third-order valence-electron chi connectivity index (χ3n) is 3.57. The Bertz CT molecular complexity index is 438. The minimum Gasteiger partial charge on any atom is -0.504 e. The highest BCUT2D eigenvalue weighted by molar-refractivity contribution is 5.85. The molecule has 0 bridgehead atoms. The third-order valence-corrected chi connectivity index (χ3v) is 3.57. The number of phenolic OH excluding ortho intramolecular Hbond substituents is 1. The van der Waals surface area contributed by atoms with Gasteiger partial charge in [-0.3, -0.25) is 4.90 Å². The molecule has 120 valence electrons. The Morgan fingerprint density at radius 1 is 1.38 bits per heavy atom. The second kappa shape index (κ2) is 9.90. The molecule has 1 heterocycles. The van der Waals surface area contributed by atoms with Crippen LogP contribution >= 0.6 is 24.8 Å². The fourth-order valence-electron chi connectivity index (χ4n) is 2.56. The Kier molecular flexibility index (Phi) is 9.46. The smallest absolute Gasteiger partial charge is 0.160 e. The van der Waals surface area contributed by atoms with Gasteiger partial charge in [-0.05, 0) is 24.1 Å². The summed E-state index contributed by atoms with van der Waals surface area (Å²) in [6.07, 6.45) is 2.82. The molecule has 2 N–H and O–H groups in total. The molecule has 1 aromatic rings. The Balaban J connectivity index is 0.00000200. The summed E-state index contributed by atoms with van der Waals surface area (Å²) in [4.78, 5) is 2.43. The van der Waals surface area contributed by atoms with Crippen molar-refractivity contribution in [2.24, 2.45) is 0 Å². The number of ether oxygens (including phenoxy) is 1. The van der Waals surface area contributed by atoms with Crippen LogP contribution in [0.25, 0.3) is 0 Å². The van der Waals surface area contributed by atoms with E-state index in [9.17, 15) is 5.11 Å². The Morgan fingerprint density at radius 2 is 2.05 bits per heavy atom. The van der Waals surface area contributed by atoms with Crippen molar-refractivity contribution in [1.29, 1.82) is 0 Å². The second-order valence-corrected chi connectivity index (χ2v) is 4.76. The van der Waals surface area contributed by atoms with E-state index < -0.39 is 0 Å². The molecule has 1 aromatic carbocycles. The van der Waals surface area contributed by atoms with E-state index in [0.717, 1.165) is 38.2 Å². The second-order valence-electron chi connectivity index (χ2n) is 4.76. The quantitative estimate of drug-likeness (QED) is 0.813. The number of phenols is 1. The number of rotatable bonds is 5. The number of hydrogen-bond donors (Lipinski definition) is 2. The van der Waals surface area contributed by atoms with Crippen LogP contribution in [0.4, 0.5) is 0 Å². The van der Waals surface area contributed by atoms with Crippen LogP contribution in [0.2, 0.25) is 0 Å². The average molecular weight is 335 g/mol. The normalized spacial score (nSPS) is 16.2. The number of hydrogen-bond acceptors (Lipinski definition) is 4. The van der Waals surface area contributed by atoms with E-state index in [1.807, 2.05) is 18.2 Å². The van der Waals surface area contributed by atoms with Gasteiger partial charge in [-0.25, -0.2) is 0 Å². The first-order valence-corrected chi connectivity index (χ1v) is 6.69. The molecule has 2 rings (SSSR count). The Labute approximate surface area is 139 Å². The van der Waals surface area contributed by atoms with Crippen molar-refractivity contribution >= 4 is 24.8 Å². The summed E-state index contributed by atoms with van der Waals surface area (Å²) in [5.74, 6) is 0.714. The molecule has 1 saturated heterocycles. The number of aromatic hydroxyl groups is 1. The lowest BCUT2D eigenvalue weighted by atomic mass is 10.0. The minimum atomic E-state index is 0. The van der Waals surface area contributed by atoms with Crippen molar-refractivity contribution < 1.29 is 9.84 Å². The van der Waals surface area contributed by atoms with Gasteiger partial charge < -0.3 is 15.2 Å². The topological polar surface area (TPSA) is 44.7 Å². The van der Waals surface area contributed by atoms with Crippen molar-refractivity contribution in [3.8, 4) is 11.5 Å². The molecule has 0 unspecified atom stereocenters. The molecule has 1 aliphatic heterocycles. The summed E-state index contributed by atoms with van der Waals surface area (Å²) in [5, 5.41) is 13.3. The van der Waals surface area contributed by atoms with Gasteiger partial charge in [0.2, 0.25) is 0 Å². The highest BCUT2D eigenvalue weighted by atomic mass is 35.5. The summed E-state index contributed by atoms with van der Waals surface area (Å²) >= 11 is 0. The number of piperazine rings is 1. The van der Waals surface area contributed by atoms with Crippen LogP contribution in [0.5, 0.6) is 11.5 Å². The highest BCUT2D eigenvalue weighted by Crippen LogP contribution is 2.32. The zero-order valence-corrected chi connectivity index (χ0v) is 13.9. The predicted octanol–water partition coefficient (Wildman–Crippen LogP) is 2.77. The van der Waals surface area contributed by atoms with Crippen LogP contribution in [-0.4, -0.2) is 43.3 Å². The van der Waals surface area contributed by atoms with Crippen molar-refractivity contribution in [3.63, 3.8) is 0 Å². The van der Waals surface area contributed by atoms with Gasteiger partial charge in [0.1, 0.15) is 0 Å². The minimum absolute atomic E-state index is 0. The summed E-state index contributed by atoms with van der Waals surface area (Å²) in [5.41, 5.74) is 1.11. The zero-order valence-electron chi connectivity index (χ0n) is 12.2. The van der Waals surface area contributed by atoms with Crippen LogP contribution in [0.1, 0.15) is 18.0 Å². The first kappa shape index (κ1) is 20.1. The molecule has 0 amide bonds. The summed E-state index contributed by atoms with van der Waals surface area (Å²) in [6.45, 7) is 7.91. The van der Waals surface area contributed by atoms with E-state index in [1.165, 1.54) is 0 Å². The van der Waals surface area contributed by atoms with Crippen LogP contribution < -0.4 is 10.1 Å². The van der Waals surface area contributed by atoms with Gasteiger partial charge >= 0.3 is 0 Å². The van der Waals surface area contributed by atoms with Crippen molar-refractivity contribution in [2.45, 2.75) is 12.5 Å². The largest absolute Gasteiger partial charge is 0.504 e. The molecular weight excluding hydrogens is 311 g/mol. The molecule has 0 aliphatic carbocycles. The molecule has 1 aliphatic rings. The lowest BCUT2D eigenvalue weighted by Gasteiger charge is -2.35. The molecule has 21 heavy (non-hydrogen) atoms. The molecular formula is C15H24Cl2N2O2. The fraction of sp³-hybridized carbons (Fsp3) is 0.467. The van der Waals surface area contributed by atoms with Gasteiger partial charge in [0.15, 0.2) is 11.5 Å². The number of halogens is 2. The van der Waals surface area contributed by atoms with Crippen LogP contribution in [0.3, 0.4) is 0 Å². The predicted molar refractivity (Wildman–Crippen MR) is 91.2 cm³/mol. The molecule has 4 nitrogen and oxygen atoms in total. The van der Waals surface area contributed by atoms with Gasteiger partial charge in [-0.15, -0.1) is 31.4 Å². The van der Waals surface area contributed by atoms with Crippen LogP contribution in [0.15, 0.2) is 30.9 Å². The summed E-state index contributed by atoms with van der Waals surface area (Å²) < 4.78 is 5.09. The zero-order chi connectivity index (χ0) is 13.7. The van der Waals surface area contributed by atoms with Crippen molar-refractivity contribution in [3.05, 3.63) is 36.4 Å². The Hall–Kier alpha value is -0.940. The number of methoxy groups -OCH3 is 1. The van der Waals surface area contributed by atoms with E-state index in [2.05, 4.69) is 16.8 Å². The van der Waals surface area contributed by atoms with E-state index in [4.69, 9.17) is 4.74 Å². The number of benzene rings is 1. The molecule has 0 aromatic heterocycles. The maximum atomic E-state index is 9.93. The van der Waals surface area contributed by atoms with Gasteiger partial charge in [0, 0.05) is 32.2 Å². The molecule has 0 saturated carbocycles. The third kappa shape index (κ3) is 5.08. The van der Waals surface area contributed by atoms with Crippen molar-refractivity contribution in [1.82, 2.24) is 10.2 Å². The highest BCUT2D eigenvalue weighted by Gasteiger charge is 2.21.